The van der Waals surface area contributed by atoms with E-state index in [-0.39, 0.29) is 5.56 Å². The molecule has 0 unspecified atom stereocenters. The van der Waals surface area contributed by atoms with Gasteiger partial charge in [0.1, 0.15) is 17.6 Å². The summed E-state index contributed by atoms with van der Waals surface area (Å²) in [7, 11) is 0. The van der Waals surface area contributed by atoms with Gasteiger partial charge in [0.05, 0.1) is 23.6 Å². The molecule has 0 saturated carbocycles. The van der Waals surface area contributed by atoms with Gasteiger partial charge in [-0.15, -0.1) is 0 Å². The number of ether oxygens (including phenoxy) is 1. The zero-order valence-electron chi connectivity index (χ0n) is 21.1. The van der Waals surface area contributed by atoms with Gasteiger partial charge >= 0.3 is 0 Å². The lowest BCUT2D eigenvalue weighted by atomic mass is 9.92. The van der Waals surface area contributed by atoms with Crippen LogP contribution in [0.25, 0.3) is 16.8 Å². The molecule has 5 nitrogen and oxygen atoms in total. The molecule has 0 aliphatic rings. The van der Waals surface area contributed by atoms with Crippen LogP contribution in [-0.2, 0) is 12.8 Å². The Labute approximate surface area is 212 Å². The zero-order chi connectivity index (χ0) is 25.5. The van der Waals surface area contributed by atoms with Gasteiger partial charge in [-0.2, -0.15) is 5.26 Å². The van der Waals surface area contributed by atoms with Gasteiger partial charge in [-0.05, 0) is 60.7 Å². The Morgan fingerprint density at radius 1 is 0.944 bits per heavy atom. The van der Waals surface area contributed by atoms with Crippen molar-refractivity contribution in [2.75, 3.05) is 6.61 Å². The summed E-state index contributed by atoms with van der Waals surface area (Å²) in [5.74, 6) is 1.42. The maximum absolute atomic E-state index is 13.9. The van der Waals surface area contributed by atoms with Crippen LogP contribution >= 0.6 is 0 Å². The fourth-order valence-electron chi connectivity index (χ4n) is 4.48. The second-order valence-corrected chi connectivity index (χ2v) is 8.81. The van der Waals surface area contributed by atoms with Crippen molar-refractivity contribution in [2.24, 2.45) is 0 Å². The standard InChI is InChI=1S/C31H31N3O2/c1-4-10-30-28(20-24-13-9-14-27(29(24)21-32)23-11-7-6-8-12-23)31(35)34(22(3)33-30)25-15-17-26(18-16-25)36-19-5-2/h6-9,11-18H,4-5,10,19-20H2,1-3H3. The van der Waals surface area contributed by atoms with Crippen molar-refractivity contribution in [3.63, 3.8) is 0 Å². The third-order valence-corrected chi connectivity index (χ3v) is 6.20. The number of rotatable bonds is 9. The lowest BCUT2D eigenvalue weighted by Gasteiger charge is -2.17. The SMILES string of the molecule is CCCOc1ccc(-n2c(C)nc(CCC)c(Cc3cccc(-c4ccccc4)c3C#N)c2=O)cc1. The first-order chi connectivity index (χ1) is 17.6. The van der Waals surface area contributed by atoms with Gasteiger partial charge in [-0.3, -0.25) is 9.36 Å². The number of aromatic nitrogens is 2. The maximum Gasteiger partial charge on any atom is 0.261 e. The van der Waals surface area contributed by atoms with Crippen LogP contribution in [0, 0.1) is 18.3 Å². The van der Waals surface area contributed by atoms with Gasteiger partial charge in [-0.1, -0.05) is 68.8 Å². The van der Waals surface area contributed by atoms with E-state index in [0.29, 0.717) is 36.4 Å². The summed E-state index contributed by atoms with van der Waals surface area (Å²) < 4.78 is 7.36. The van der Waals surface area contributed by atoms with Gasteiger partial charge < -0.3 is 4.74 Å². The molecule has 0 bridgehead atoms. The van der Waals surface area contributed by atoms with Crippen LogP contribution in [0.3, 0.4) is 0 Å². The summed E-state index contributed by atoms with van der Waals surface area (Å²) >= 11 is 0. The fraction of sp³-hybridized carbons (Fsp3) is 0.258. The fourth-order valence-corrected chi connectivity index (χ4v) is 4.48. The van der Waals surface area contributed by atoms with Crippen molar-refractivity contribution in [2.45, 2.75) is 46.5 Å². The zero-order valence-corrected chi connectivity index (χ0v) is 21.1. The van der Waals surface area contributed by atoms with Gasteiger partial charge in [0, 0.05) is 12.0 Å². The van der Waals surface area contributed by atoms with Crippen molar-refractivity contribution in [3.8, 4) is 28.6 Å². The quantitative estimate of drug-likeness (QED) is 0.279. The molecule has 0 amide bonds. The Morgan fingerprint density at radius 3 is 2.36 bits per heavy atom. The molecule has 0 radical (unpaired) electrons. The molecule has 36 heavy (non-hydrogen) atoms. The number of hydrogen-bond acceptors (Lipinski definition) is 4. The average molecular weight is 478 g/mol. The summed E-state index contributed by atoms with van der Waals surface area (Å²) in [4.78, 5) is 18.8. The lowest BCUT2D eigenvalue weighted by Crippen LogP contribution is -2.28. The highest BCUT2D eigenvalue weighted by Crippen LogP contribution is 2.27. The number of nitrogens with zero attached hydrogens (tertiary/aromatic N) is 3. The molecule has 1 heterocycles. The molecule has 3 aromatic carbocycles. The Kier molecular flexibility index (Phi) is 7.97. The summed E-state index contributed by atoms with van der Waals surface area (Å²) in [6.07, 6.45) is 2.86. The molecule has 0 aliphatic carbocycles. The van der Waals surface area contributed by atoms with Crippen LogP contribution in [0.1, 0.15) is 54.9 Å². The summed E-state index contributed by atoms with van der Waals surface area (Å²) in [5.41, 5.74) is 5.36. The van der Waals surface area contributed by atoms with E-state index < -0.39 is 0 Å². The van der Waals surface area contributed by atoms with E-state index in [9.17, 15) is 10.1 Å². The van der Waals surface area contributed by atoms with Crippen molar-refractivity contribution >= 4 is 0 Å². The lowest BCUT2D eigenvalue weighted by molar-refractivity contribution is 0.317. The summed E-state index contributed by atoms with van der Waals surface area (Å²) in [6, 6.07) is 25.7. The van der Waals surface area contributed by atoms with E-state index in [1.54, 1.807) is 4.57 Å². The minimum Gasteiger partial charge on any atom is -0.494 e. The Balaban J connectivity index is 1.81. The molecule has 0 spiro atoms. The van der Waals surface area contributed by atoms with E-state index in [1.165, 1.54) is 0 Å². The largest absolute Gasteiger partial charge is 0.494 e. The minimum atomic E-state index is -0.0952. The normalized spacial score (nSPS) is 10.7. The summed E-state index contributed by atoms with van der Waals surface area (Å²) in [5, 5.41) is 10.1. The van der Waals surface area contributed by atoms with Crippen molar-refractivity contribution < 1.29 is 4.74 Å². The first-order valence-electron chi connectivity index (χ1n) is 12.5. The van der Waals surface area contributed by atoms with Crippen LogP contribution in [0.15, 0.2) is 77.6 Å². The average Bonchev–Trinajstić information content (AvgIpc) is 2.90. The van der Waals surface area contributed by atoms with Gasteiger partial charge in [0.15, 0.2) is 0 Å². The Hall–Kier alpha value is -4.17. The van der Waals surface area contributed by atoms with E-state index >= 15 is 0 Å². The van der Waals surface area contributed by atoms with E-state index in [2.05, 4.69) is 19.9 Å². The molecular formula is C31H31N3O2. The number of nitriles is 1. The smallest absolute Gasteiger partial charge is 0.261 e. The second-order valence-electron chi connectivity index (χ2n) is 8.81. The predicted molar refractivity (Wildman–Crippen MR) is 144 cm³/mol. The molecule has 182 valence electrons. The van der Waals surface area contributed by atoms with Gasteiger partial charge in [0.2, 0.25) is 0 Å². The Morgan fingerprint density at radius 2 is 1.69 bits per heavy atom. The van der Waals surface area contributed by atoms with Crippen LogP contribution in [0.2, 0.25) is 0 Å². The monoisotopic (exact) mass is 477 g/mol. The molecule has 0 aliphatic heterocycles. The highest BCUT2D eigenvalue weighted by molar-refractivity contribution is 5.72. The predicted octanol–water partition coefficient (Wildman–Crippen LogP) is 6.41. The van der Waals surface area contributed by atoms with Crippen LogP contribution < -0.4 is 10.3 Å². The van der Waals surface area contributed by atoms with Gasteiger partial charge in [0.25, 0.3) is 5.56 Å². The Bertz CT molecular complexity index is 1430. The molecule has 4 rings (SSSR count). The third kappa shape index (κ3) is 5.23. The molecule has 0 fully saturated rings. The number of hydrogen-bond donors (Lipinski definition) is 0. The maximum atomic E-state index is 13.9. The highest BCUT2D eigenvalue weighted by Gasteiger charge is 2.19. The van der Waals surface area contributed by atoms with Gasteiger partial charge in [-0.25, -0.2) is 4.98 Å². The highest BCUT2D eigenvalue weighted by atomic mass is 16.5. The first-order valence-corrected chi connectivity index (χ1v) is 12.5. The summed E-state index contributed by atoms with van der Waals surface area (Å²) in [6.45, 7) is 6.66. The van der Waals surface area contributed by atoms with E-state index in [4.69, 9.17) is 9.72 Å². The van der Waals surface area contributed by atoms with E-state index in [1.807, 2.05) is 79.7 Å². The number of benzene rings is 3. The van der Waals surface area contributed by atoms with Crippen LogP contribution in [0.4, 0.5) is 0 Å². The molecule has 5 heteroatoms. The molecule has 0 atom stereocenters. The molecule has 0 saturated heterocycles. The second kappa shape index (κ2) is 11.5. The van der Waals surface area contributed by atoms with Crippen molar-refractivity contribution in [1.29, 1.82) is 5.26 Å². The minimum absolute atomic E-state index is 0.0952. The number of aryl methyl sites for hydroxylation is 2. The topological polar surface area (TPSA) is 67.9 Å². The first kappa shape index (κ1) is 24.9. The van der Waals surface area contributed by atoms with Crippen LogP contribution in [-0.4, -0.2) is 16.2 Å². The molecule has 4 aromatic rings. The third-order valence-electron chi connectivity index (χ3n) is 6.20. The van der Waals surface area contributed by atoms with Crippen molar-refractivity contribution in [1.82, 2.24) is 9.55 Å². The van der Waals surface area contributed by atoms with Crippen LogP contribution in [0.5, 0.6) is 5.75 Å². The van der Waals surface area contributed by atoms with E-state index in [0.717, 1.165) is 46.7 Å². The molecule has 0 N–H and O–H groups in total. The van der Waals surface area contributed by atoms with Crippen molar-refractivity contribution in [3.05, 3.63) is 111 Å². The molecule has 1 aromatic heterocycles. The molecular weight excluding hydrogens is 446 g/mol.